The Morgan fingerprint density at radius 2 is 2.33 bits per heavy atom. The van der Waals surface area contributed by atoms with E-state index >= 15 is 0 Å². The molecule has 6 heteroatoms. The minimum atomic E-state index is -0.350. The summed E-state index contributed by atoms with van der Waals surface area (Å²) in [5.41, 5.74) is 6.17. The molecule has 0 unspecified atom stereocenters. The molecule has 0 aliphatic carbocycles. The Balaban J connectivity index is 2.33. The van der Waals surface area contributed by atoms with Gasteiger partial charge in [0.15, 0.2) is 0 Å². The summed E-state index contributed by atoms with van der Waals surface area (Å²) in [5.74, 6) is -0.134. The number of ether oxygens (including phenoxy) is 1. The predicted molar refractivity (Wildman–Crippen MR) is 69.6 cm³/mol. The number of amides is 1. The highest BCUT2D eigenvalue weighted by Gasteiger charge is 2.35. The van der Waals surface area contributed by atoms with E-state index in [4.69, 9.17) is 22.1 Å². The number of halogens is 1. The SMILES string of the molecule is CC1(C)COCCN1C(=O)c1cc(Cl)ncc1N. The topological polar surface area (TPSA) is 68.5 Å². The van der Waals surface area contributed by atoms with Crippen molar-refractivity contribution in [1.82, 2.24) is 9.88 Å². The fourth-order valence-corrected chi connectivity index (χ4v) is 2.16. The van der Waals surface area contributed by atoms with Gasteiger partial charge in [-0.25, -0.2) is 4.98 Å². The zero-order valence-electron chi connectivity index (χ0n) is 10.4. The maximum absolute atomic E-state index is 12.5. The molecule has 1 aliphatic heterocycles. The van der Waals surface area contributed by atoms with E-state index in [1.165, 1.54) is 12.3 Å². The Bertz CT molecular complexity index is 476. The Kier molecular flexibility index (Phi) is 3.45. The van der Waals surface area contributed by atoms with Gasteiger partial charge in [-0.15, -0.1) is 0 Å². The lowest BCUT2D eigenvalue weighted by Gasteiger charge is -2.42. The molecule has 5 nitrogen and oxygen atoms in total. The van der Waals surface area contributed by atoms with Gasteiger partial charge in [-0.1, -0.05) is 11.6 Å². The third-order valence-corrected chi connectivity index (χ3v) is 3.23. The number of aromatic nitrogens is 1. The van der Waals surface area contributed by atoms with Gasteiger partial charge in [0.05, 0.1) is 36.2 Å². The number of anilines is 1. The van der Waals surface area contributed by atoms with Crippen molar-refractivity contribution < 1.29 is 9.53 Å². The minimum absolute atomic E-state index is 0.134. The number of morpholine rings is 1. The smallest absolute Gasteiger partial charge is 0.256 e. The average molecular weight is 270 g/mol. The molecule has 2 heterocycles. The van der Waals surface area contributed by atoms with Gasteiger partial charge in [0, 0.05) is 6.54 Å². The van der Waals surface area contributed by atoms with Crippen molar-refractivity contribution >= 4 is 23.2 Å². The van der Waals surface area contributed by atoms with E-state index in [0.717, 1.165) is 0 Å². The summed E-state index contributed by atoms with van der Waals surface area (Å²) in [7, 11) is 0. The Hall–Kier alpha value is -1.33. The number of rotatable bonds is 1. The second-order valence-electron chi connectivity index (χ2n) is 4.92. The summed E-state index contributed by atoms with van der Waals surface area (Å²) < 4.78 is 5.39. The molecule has 1 aliphatic rings. The van der Waals surface area contributed by atoms with E-state index in [-0.39, 0.29) is 16.6 Å². The molecule has 1 saturated heterocycles. The molecule has 0 bridgehead atoms. The zero-order chi connectivity index (χ0) is 13.3. The van der Waals surface area contributed by atoms with E-state index in [2.05, 4.69) is 4.98 Å². The normalized spacial score (nSPS) is 18.7. The summed E-state index contributed by atoms with van der Waals surface area (Å²) in [5, 5.41) is 0.263. The highest BCUT2D eigenvalue weighted by molar-refractivity contribution is 6.29. The van der Waals surface area contributed by atoms with Crippen LogP contribution < -0.4 is 5.73 Å². The van der Waals surface area contributed by atoms with Crippen molar-refractivity contribution in [3.63, 3.8) is 0 Å². The first-order valence-electron chi connectivity index (χ1n) is 5.72. The summed E-state index contributed by atoms with van der Waals surface area (Å²) in [6.07, 6.45) is 1.41. The number of carbonyl (C=O) groups is 1. The van der Waals surface area contributed by atoms with Crippen LogP contribution in [-0.2, 0) is 4.74 Å². The van der Waals surface area contributed by atoms with Gasteiger partial charge in [0.1, 0.15) is 5.15 Å². The van der Waals surface area contributed by atoms with Crippen LogP contribution in [0.4, 0.5) is 5.69 Å². The minimum Gasteiger partial charge on any atom is -0.397 e. The molecule has 0 aromatic carbocycles. The Morgan fingerprint density at radius 3 is 3.00 bits per heavy atom. The van der Waals surface area contributed by atoms with Crippen molar-refractivity contribution in [1.29, 1.82) is 0 Å². The fraction of sp³-hybridized carbons (Fsp3) is 0.500. The van der Waals surface area contributed by atoms with Crippen LogP contribution >= 0.6 is 11.6 Å². The molecule has 98 valence electrons. The molecule has 0 radical (unpaired) electrons. The molecule has 2 N–H and O–H groups in total. The van der Waals surface area contributed by atoms with Crippen molar-refractivity contribution in [2.24, 2.45) is 0 Å². The van der Waals surface area contributed by atoms with Crippen LogP contribution in [0.25, 0.3) is 0 Å². The second-order valence-corrected chi connectivity index (χ2v) is 5.30. The molecule has 1 amide bonds. The summed E-state index contributed by atoms with van der Waals surface area (Å²) in [6.45, 7) is 5.52. The Labute approximate surface area is 111 Å². The lowest BCUT2D eigenvalue weighted by Crippen LogP contribution is -2.55. The molecule has 0 spiro atoms. The lowest BCUT2D eigenvalue weighted by atomic mass is 10.0. The molecule has 1 aromatic heterocycles. The van der Waals surface area contributed by atoms with Crippen molar-refractivity contribution in [3.05, 3.63) is 23.0 Å². The van der Waals surface area contributed by atoms with Gasteiger partial charge in [0.25, 0.3) is 5.91 Å². The third kappa shape index (κ3) is 2.42. The maximum Gasteiger partial charge on any atom is 0.256 e. The molecular formula is C12H16ClN3O2. The first-order valence-corrected chi connectivity index (χ1v) is 6.10. The van der Waals surface area contributed by atoms with Crippen LogP contribution in [0.5, 0.6) is 0 Å². The number of nitrogens with zero attached hydrogens (tertiary/aromatic N) is 2. The first-order chi connectivity index (χ1) is 8.42. The summed E-state index contributed by atoms with van der Waals surface area (Å²) in [6, 6.07) is 1.50. The number of carbonyl (C=O) groups excluding carboxylic acids is 1. The molecular weight excluding hydrogens is 254 g/mol. The van der Waals surface area contributed by atoms with Gasteiger partial charge in [0.2, 0.25) is 0 Å². The van der Waals surface area contributed by atoms with Crippen LogP contribution in [0, 0.1) is 0 Å². The zero-order valence-corrected chi connectivity index (χ0v) is 11.2. The monoisotopic (exact) mass is 269 g/mol. The van der Waals surface area contributed by atoms with Gasteiger partial charge in [-0.05, 0) is 19.9 Å². The predicted octanol–water partition coefficient (Wildman–Crippen LogP) is 1.57. The first kappa shape index (κ1) is 13.1. The van der Waals surface area contributed by atoms with Gasteiger partial charge >= 0.3 is 0 Å². The number of hydrogen-bond donors (Lipinski definition) is 1. The molecule has 18 heavy (non-hydrogen) atoms. The Morgan fingerprint density at radius 1 is 1.61 bits per heavy atom. The number of hydrogen-bond acceptors (Lipinski definition) is 4. The van der Waals surface area contributed by atoms with Gasteiger partial charge in [-0.3, -0.25) is 4.79 Å². The molecule has 0 atom stereocenters. The quantitative estimate of drug-likeness (QED) is 0.786. The second kappa shape index (κ2) is 4.74. The standard InChI is InChI=1S/C12H16ClN3O2/c1-12(2)7-18-4-3-16(12)11(17)8-5-10(13)15-6-9(8)14/h5-6H,3-4,7,14H2,1-2H3. The van der Waals surface area contributed by atoms with Crippen molar-refractivity contribution in [2.45, 2.75) is 19.4 Å². The molecule has 0 saturated carbocycles. The summed E-state index contributed by atoms with van der Waals surface area (Å²) in [4.78, 5) is 18.1. The van der Waals surface area contributed by atoms with E-state index in [0.29, 0.717) is 31.0 Å². The van der Waals surface area contributed by atoms with Gasteiger partial charge < -0.3 is 15.4 Å². The average Bonchev–Trinajstić information content (AvgIpc) is 2.31. The van der Waals surface area contributed by atoms with Crippen LogP contribution in [0.2, 0.25) is 5.15 Å². The number of pyridine rings is 1. The molecule has 1 fully saturated rings. The van der Waals surface area contributed by atoms with Crippen molar-refractivity contribution in [2.75, 3.05) is 25.5 Å². The lowest BCUT2D eigenvalue weighted by molar-refractivity contribution is -0.0370. The van der Waals surface area contributed by atoms with Crippen LogP contribution in [0.15, 0.2) is 12.3 Å². The van der Waals surface area contributed by atoms with Crippen LogP contribution in [-0.4, -0.2) is 41.1 Å². The van der Waals surface area contributed by atoms with Gasteiger partial charge in [-0.2, -0.15) is 0 Å². The van der Waals surface area contributed by atoms with E-state index in [1.807, 2.05) is 13.8 Å². The largest absolute Gasteiger partial charge is 0.397 e. The maximum atomic E-state index is 12.5. The highest BCUT2D eigenvalue weighted by atomic mass is 35.5. The number of nitrogen functional groups attached to an aromatic ring is 1. The van der Waals surface area contributed by atoms with E-state index in [9.17, 15) is 4.79 Å². The third-order valence-electron chi connectivity index (χ3n) is 3.02. The molecule has 2 rings (SSSR count). The fourth-order valence-electron chi connectivity index (χ4n) is 2.01. The van der Waals surface area contributed by atoms with Crippen molar-refractivity contribution in [3.8, 4) is 0 Å². The summed E-state index contributed by atoms with van der Waals surface area (Å²) >= 11 is 5.81. The van der Waals surface area contributed by atoms with E-state index in [1.54, 1.807) is 4.90 Å². The highest BCUT2D eigenvalue weighted by Crippen LogP contribution is 2.24. The van der Waals surface area contributed by atoms with E-state index < -0.39 is 0 Å². The van der Waals surface area contributed by atoms with Crippen LogP contribution in [0.1, 0.15) is 24.2 Å². The molecule has 1 aromatic rings. The van der Waals surface area contributed by atoms with Crippen LogP contribution in [0.3, 0.4) is 0 Å². The number of nitrogens with two attached hydrogens (primary N) is 1.